The van der Waals surface area contributed by atoms with Gasteiger partial charge in [0.25, 0.3) is 0 Å². The fourth-order valence-electron chi connectivity index (χ4n) is 2.81. The summed E-state index contributed by atoms with van der Waals surface area (Å²) in [6.07, 6.45) is 3.73. The topological polar surface area (TPSA) is 16.1 Å². The van der Waals surface area contributed by atoms with Crippen molar-refractivity contribution in [2.24, 2.45) is 0 Å². The van der Waals surface area contributed by atoms with Gasteiger partial charge in [-0.1, -0.05) is 42.5 Å². The Morgan fingerprint density at radius 1 is 0.565 bits per heavy atom. The Morgan fingerprint density at radius 3 is 1.87 bits per heavy atom. The molecule has 0 amide bonds. The molecule has 2 nitrogen and oxygen atoms in total. The van der Waals surface area contributed by atoms with Gasteiger partial charge in [0, 0.05) is 34.8 Å². The van der Waals surface area contributed by atoms with Crippen molar-refractivity contribution in [1.82, 2.24) is 4.98 Å². The quantitative estimate of drug-likeness (QED) is 0.482. The molecule has 0 aliphatic heterocycles. The molecule has 0 unspecified atom stereocenters. The second-order valence-electron chi connectivity index (χ2n) is 5.41. The first kappa shape index (κ1) is 13.5. The molecule has 0 saturated heterocycles. The maximum atomic E-state index is 4.19. The van der Waals surface area contributed by atoms with Crippen molar-refractivity contribution >= 4 is 27.8 Å². The summed E-state index contributed by atoms with van der Waals surface area (Å²) in [5, 5.41) is 2.34. The highest BCUT2D eigenvalue weighted by atomic mass is 15.1. The lowest BCUT2D eigenvalue weighted by Gasteiger charge is -2.25. The molecule has 1 heterocycles. The largest absolute Gasteiger partial charge is 0.310 e. The number of pyridine rings is 1. The molecule has 0 saturated carbocycles. The third-order valence-electron chi connectivity index (χ3n) is 3.91. The SMILES string of the molecule is c1ccc(N(c2ccccc2)c2ccc3cnccc3c2)cc1. The molecule has 23 heavy (non-hydrogen) atoms. The van der Waals surface area contributed by atoms with Gasteiger partial charge < -0.3 is 4.90 Å². The normalized spacial score (nSPS) is 10.6. The van der Waals surface area contributed by atoms with Gasteiger partial charge in [-0.3, -0.25) is 4.98 Å². The van der Waals surface area contributed by atoms with Crippen molar-refractivity contribution in [2.75, 3.05) is 4.90 Å². The van der Waals surface area contributed by atoms with Crippen molar-refractivity contribution < 1.29 is 0 Å². The number of hydrogen-bond donors (Lipinski definition) is 0. The molecule has 0 atom stereocenters. The molecule has 0 fully saturated rings. The van der Waals surface area contributed by atoms with Crippen LogP contribution in [0.3, 0.4) is 0 Å². The van der Waals surface area contributed by atoms with Gasteiger partial charge in [0.15, 0.2) is 0 Å². The number of para-hydroxylation sites is 2. The molecule has 4 rings (SSSR count). The lowest BCUT2D eigenvalue weighted by molar-refractivity contribution is 1.29. The van der Waals surface area contributed by atoms with Gasteiger partial charge in [0.2, 0.25) is 0 Å². The minimum atomic E-state index is 1.14. The van der Waals surface area contributed by atoms with E-state index < -0.39 is 0 Å². The molecule has 3 aromatic carbocycles. The minimum absolute atomic E-state index is 1.14. The second kappa shape index (κ2) is 5.93. The van der Waals surface area contributed by atoms with E-state index in [2.05, 4.69) is 76.6 Å². The molecular formula is C21H16N2. The van der Waals surface area contributed by atoms with Crippen LogP contribution in [0.15, 0.2) is 97.3 Å². The Kier molecular flexibility index (Phi) is 3.49. The van der Waals surface area contributed by atoms with E-state index in [1.165, 1.54) is 5.39 Å². The Bertz CT molecular complexity index is 878. The standard InChI is InChI=1S/C21H16N2/c1-3-7-19(8-4-1)23(20-9-5-2-6-10-20)21-12-11-18-16-22-14-13-17(18)15-21/h1-16H. The molecule has 0 radical (unpaired) electrons. The van der Waals surface area contributed by atoms with Crippen LogP contribution >= 0.6 is 0 Å². The lowest BCUT2D eigenvalue weighted by Crippen LogP contribution is -2.09. The average Bonchev–Trinajstić information content (AvgIpc) is 2.64. The summed E-state index contributed by atoms with van der Waals surface area (Å²) in [7, 11) is 0. The predicted octanol–water partition coefficient (Wildman–Crippen LogP) is 5.70. The summed E-state index contributed by atoms with van der Waals surface area (Å²) >= 11 is 0. The number of benzene rings is 3. The molecule has 0 spiro atoms. The average molecular weight is 296 g/mol. The zero-order valence-electron chi connectivity index (χ0n) is 12.6. The molecule has 2 heteroatoms. The zero-order valence-corrected chi connectivity index (χ0v) is 12.6. The van der Waals surface area contributed by atoms with Gasteiger partial charge in [0.1, 0.15) is 0 Å². The van der Waals surface area contributed by atoms with Crippen LogP contribution in [0.1, 0.15) is 0 Å². The maximum Gasteiger partial charge on any atom is 0.0468 e. The van der Waals surface area contributed by atoms with Crippen molar-refractivity contribution in [3.8, 4) is 0 Å². The fraction of sp³-hybridized carbons (Fsp3) is 0. The van der Waals surface area contributed by atoms with Crippen molar-refractivity contribution in [3.63, 3.8) is 0 Å². The Morgan fingerprint density at radius 2 is 1.22 bits per heavy atom. The van der Waals surface area contributed by atoms with E-state index in [1.54, 1.807) is 0 Å². The molecular weight excluding hydrogens is 280 g/mol. The van der Waals surface area contributed by atoms with Crippen molar-refractivity contribution in [1.29, 1.82) is 0 Å². The smallest absolute Gasteiger partial charge is 0.0468 e. The fourth-order valence-corrected chi connectivity index (χ4v) is 2.81. The first-order chi connectivity index (χ1) is 11.4. The molecule has 0 aliphatic rings. The molecule has 4 aromatic rings. The van der Waals surface area contributed by atoms with E-state index in [0.29, 0.717) is 0 Å². The predicted molar refractivity (Wildman–Crippen MR) is 96.4 cm³/mol. The van der Waals surface area contributed by atoms with Crippen LogP contribution in [0.2, 0.25) is 0 Å². The van der Waals surface area contributed by atoms with Crippen molar-refractivity contribution in [2.45, 2.75) is 0 Å². The molecule has 0 bridgehead atoms. The lowest BCUT2D eigenvalue weighted by atomic mass is 10.1. The molecule has 0 aliphatic carbocycles. The van der Waals surface area contributed by atoms with Crippen LogP contribution in [0, 0.1) is 0 Å². The van der Waals surface area contributed by atoms with Crippen LogP contribution in [0.4, 0.5) is 17.1 Å². The van der Waals surface area contributed by atoms with Gasteiger partial charge in [-0.25, -0.2) is 0 Å². The highest BCUT2D eigenvalue weighted by molar-refractivity contribution is 5.88. The first-order valence-corrected chi connectivity index (χ1v) is 7.66. The second-order valence-corrected chi connectivity index (χ2v) is 5.41. The van der Waals surface area contributed by atoms with Crippen LogP contribution in [-0.4, -0.2) is 4.98 Å². The summed E-state index contributed by atoms with van der Waals surface area (Å²) in [5.41, 5.74) is 3.43. The third-order valence-corrected chi connectivity index (χ3v) is 3.91. The van der Waals surface area contributed by atoms with E-state index >= 15 is 0 Å². The monoisotopic (exact) mass is 296 g/mol. The molecule has 0 N–H and O–H groups in total. The Hall–Kier alpha value is -3.13. The van der Waals surface area contributed by atoms with Crippen LogP contribution in [0.25, 0.3) is 10.8 Å². The Labute approximate surface area is 135 Å². The van der Waals surface area contributed by atoms with Crippen LogP contribution in [-0.2, 0) is 0 Å². The number of rotatable bonds is 3. The first-order valence-electron chi connectivity index (χ1n) is 7.66. The van der Waals surface area contributed by atoms with Crippen LogP contribution in [0.5, 0.6) is 0 Å². The summed E-state index contributed by atoms with van der Waals surface area (Å²) in [5.74, 6) is 0. The number of nitrogens with zero attached hydrogens (tertiary/aromatic N) is 2. The van der Waals surface area contributed by atoms with Gasteiger partial charge >= 0.3 is 0 Å². The summed E-state index contributed by atoms with van der Waals surface area (Å²) in [6, 6.07) is 29.4. The third kappa shape index (κ3) is 2.67. The van der Waals surface area contributed by atoms with Gasteiger partial charge in [-0.05, 0) is 47.9 Å². The molecule has 110 valence electrons. The van der Waals surface area contributed by atoms with Gasteiger partial charge in [0.05, 0.1) is 0 Å². The van der Waals surface area contributed by atoms with E-state index in [9.17, 15) is 0 Å². The van der Waals surface area contributed by atoms with E-state index in [4.69, 9.17) is 0 Å². The molecule has 1 aromatic heterocycles. The summed E-state index contributed by atoms with van der Waals surface area (Å²) < 4.78 is 0. The maximum absolute atomic E-state index is 4.19. The summed E-state index contributed by atoms with van der Waals surface area (Å²) in [4.78, 5) is 6.45. The Balaban J connectivity index is 1.90. The number of fused-ring (bicyclic) bond motifs is 1. The minimum Gasteiger partial charge on any atom is -0.310 e. The number of anilines is 3. The van der Waals surface area contributed by atoms with Gasteiger partial charge in [-0.2, -0.15) is 0 Å². The summed E-state index contributed by atoms with van der Waals surface area (Å²) in [6.45, 7) is 0. The highest BCUT2D eigenvalue weighted by Crippen LogP contribution is 2.35. The van der Waals surface area contributed by atoms with E-state index in [-0.39, 0.29) is 0 Å². The van der Waals surface area contributed by atoms with Crippen molar-refractivity contribution in [3.05, 3.63) is 97.3 Å². The zero-order chi connectivity index (χ0) is 15.5. The van der Waals surface area contributed by atoms with E-state index in [0.717, 1.165) is 22.4 Å². The number of hydrogen-bond acceptors (Lipinski definition) is 2. The van der Waals surface area contributed by atoms with E-state index in [1.807, 2.05) is 30.6 Å². The number of aromatic nitrogens is 1. The van der Waals surface area contributed by atoms with Crippen LogP contribution < -0.4 is 4.90 Å². The van der Waals surface area contributed by atoms with Gasteiger partial charge in [-0.15, -0.1) is 0 Å². The highest BCUT2D eigenvalue weighted by Gasteiger charge is 2.11.